The van der Waals surface area contributed by atoms with E-state index in [-0.39, 0.29) is 11.3 Å². The topological polar surface area (TPSA) is 69.9 Å². The molecule has 0 atom stereocenters. The van der Waals surface area contributed by atoms with E-state index in [9.17, 15) is 9.90 Å². The molecule has 2 N–H and O–H groups in total. The van der Waals surface area contributed by atoms with Gasteiger partial charge in [0.2, 0.25) is 0 Å². The van der Waals surface area contributed by atoms with E-state index in [2.05, 4.69) is 20.9 Å². The number of aryl methyl sites for hydroxylation is 1. The van der Waals surface area contributed by atoms with Gasteiger partial charge in [-0.1, -0.05) is 22.0 Å². The lowest BCUT2D eigenvalue weighted by molar-refractivity contribution is 0.0696. The third kappa shape index (κ3) is 3.31. The summed E-state index contributed by atoms with van der Waals surface area (Å²) >= 11 is 3.37. The van der Waals surface area contributed by atoms with Gasteiger partial charge >= 0.3 is 5.97 Å². The first-order valence-corrected chi connectivity index (χ1v) is 7.05. The van der Waals surface area contributed by atoms with Crippen LogP contribution in [0, 0.1) is 13.8 Å². The van der Waals surface area contributed by atoms with Gasteiger partial charge in [-0.2, -0.15) is 0 Å². The molecule has 0 fully saturated rings. The largest absolute Gasteiger partial charge is 0.507 e. The lowest BCUT2D eigenvalue weighted by Gasteiger charge is -2.06. The second kappa shape index (κ2) is 6.10. The van der Waals surface area contributed by atoms with Crippen LogP contribution in [0.4, 0.5) is 5.69 Å². The zero-order valence-corrected chi connectivity index (χ0v) is 13.2. The van der Waals surface area contributed by atoms with Crippen molar-refractivity contribution in [2.45, 2.75) is 13.8 Å². The fourth-order valence-electron chi connectivity index (χ4n) is 1.99. The number of phenolic OH excluding ortho intramolecular Hbond substituents is 1. The Morgan fingerprint density at radius 3 is 2.67 bits per heavy atom. The summed E-state index contributed by atoms with van der Waals surface area (Å²) in [5.41, 5.74) is 2.68. The number of phenols is 1. The van der Waals surface area contributed by atoms with E-state index >= 15 is 0 Å². The Kier molecular flexibility index (Phi) is 4.43. The lowest BCUT2D eigenvalue weighted by atomic mass is 10.1. The summed E-state index contributed by atoms with van der Waals surface area (Å²) in [5.74, 6) is -0.820. The van der Waals surface area contributed by atoms with Crippen LogP contribution in [0.25, 0.3) is 0 Å². The van der Waals surface area contributed by atoms with Crippen LogP contribution in [0.3, 0.4) is 0 Å². The quantitative estimate of drug-likeness (QED) is 0.816. The number of aliphatic imine (C=N–C) groups is 1. The van der Waals surface area contributed by atoms with Gasteiger partial charge in [0.25, 0.3) is 0 Å². The number of hydrogen-bond donors (Lipinski definition) is 2. The summed E-state index contributed by atoms with van der Waals surface area (Å²) in [6.07, 6.45) is 1.53. The number of aromatic hydroxyl groups is 1. The van der Waals surface area contributed by atoms with Crippen LogP contribution < -0.4 is 0 Å². The highest BCUT2D eigenvalue weighted by molar-refractivity contribution is 9.10. The third-order valence-corrected chi connectivity index (χ3v) is 3.63. The highest BCUT2D eigenvalue weighted by atomic mass is 79.9. The zero-order valence-electron chi connectivity index (χ0n) is 11.6. The smallest absolute Gasteiger partial charge is 0.336 e. The molecule has 0 amide bonds. The number of carbonyl (C=O) groups is 1. The van der Waals surface area contributed by atoms with E-state index in [0.717, 1.165) is 10.0 Å². The molecule has 0 unspecified atom stereocenters. The minimum absolute atomic E-state index is 0.161. The molecule has 2 aromatic carbocycles. The van der Waals surface area contributed by atoms with E-state index in [1.807, 2.05) is 6.07 Å². The van der Waals surface area contributed by atoms with Gasteiger partial charge in [-0.25, -0.2) is 4.79 Å². The van der Waals surface area contributed by atoms with Crippen LogP contribution in [0.15, 0.2) is 39.8 Å². The van der Waals surface area contributed by atoms with Crippen molar-refractivity contribution in [1.82, 2.24) is 0 Å². The third-order valence-electron chi connectivity index (χ3n) is 3.17. The lowest BCUT2D eigenvalue weighted by Crippen LogP contribution is -1.99. The van der Waals surface area contributed by atoms with Crippen molar-refractivity contribution in [3.8, 4) is 5.75 Å². The summed E-state index contributed by atoms with van der Waals surface area (Å²) in [6.45, 7) is 3.51. The van der Waals surface area contributed by atoms with Crippen LogP contribution in [-0.2, 0) is 0 Å². The van der Waals surface area contributed by atoms with E-state index < -0.39 is 5.97 Å². The second-order valence-electron chi connectivity index (χ2n) is 4.67. The first-order chi connectivity index (χ1) is 9.90. The SMILES string of the molecule is Cc1cc(Br)cc(/C=N/c2cccc(C(=O)O)c2C)c1O. The summed E-state index contributed by atoms with van der Waals surface area (Å²) in [6, 6.07) is 8.48. The molecular weight excluding hydrogens is 334 g/mol. The maximum Gasteiger partial charge on any atom is 0.336 e. The van der Waals surface area contributed by atoms with Crippen molar-refractivity contribution >= 4 is 33.8 Å². The minimum atomic E-state index is -0.981. The summed E-state index contributed by atoms with van der Waals surface area (Å²) in [4.78, 5) is 15.4. The molecule has 0 heterocycles. The molecule has 0 bridgehead atoms. The molecular formula is C16H14BrNO3. The van der Waals surface area contributed by atoms with Crippen LogP contribution in [0.5, 0.6) is 5.75 Å². The predicted molar refractivity (Wildman–Crippen MR) is 85.9 cm³/mol. The molecule has 108 valence electrons. The fraction of sp³-hybridized carbons (Fsp3) is 0.125. The molecule has 0 spiro atoms. The molecule has 2 rings (SSSR count). The summed E-state index contributed by atoms with van der Waals surface area (Å²) in [7, 11) is 0. The Morgan fingerprint density at radius 2 is 2.00 bits per heavy atom. The van der Waals surface area contributed by atoms with Gasteiger partial charge in [-0.3, -0.25) is 4.99 Å². The highest BCUT2D eigenvalue weighted by Crippen LogP contribution is 2.27. The Balaban J connectivity index is 2.43. The Hall–Kier alpha value is -2.14. The summed E-state index contributed by atoms with van der Waals surface area (Å²) < 4.78 is 0.843. The predicted octanol–water partition coefficient (Wildman–Crippen LogP) is 4.22. The normalized spacial score (nSPS) is 11.0. The van der Waals surface area contributed by atoms with Crippen LogP contribution >= 0.6 is 15.9 Å². The molecule has 0 aliphatic heterocycles. The fourth-order valence-corrected chi connectivity index (χ4v) is 2.58. The van der Waals surface area contributed by atoms with Gasteiger partial charge in [0.05, 0.1) is 11.3 Å². The Bertz CT molecular complexity index is 739. The standard InChI is InChI=1S/C16H14BrNO3/c1-9-6-12(17)7-11(15(9)19)8-18-14-5-3-4-13(10(14)2)16(20)21/h3-8,19H,1-2H3,(H,20,21)/b18-8+. The van der Waals surface area contributed by atoms with Crippen molar-refractivity contribution in [3.63, 3.8) is 0 Å². The maximum absolute atomic E-state index is 11.1. The number of carboxylic acids is 1. The van der Waals surface area contributed by atoms with E-state index in [4.69, 9.17) is 5.11 Å². The molecule has 5 heteroatoms. The van der Waals surface area contributed by atoms with Gasteiger partial charge in [0.1, 0.15) is 5.75 Å². The van der Waals surface area contributed by atoms with Gasteiger partial charge in [-0.05, 0) is 49.2 Å². The number of aromatic carboxylic acids is 1. The first kappa shape index (κ1) is 15.3. The van der Waals surface area contributed by atoms with Crippen molar-refractivity contribution in [3.05, 3.63) is 57.1 Å². The zero-order chi connectivity index (χ0) is 15.6. The molecule has 0 saturated heterocycles. The average Bonchev–Trinajstić information content (AvgIpc) is 2.42. The minimum Gasteiger partial charge on any atom is -0.507 e. The number of halogens is 1. The van der Waals surface area contributed by atoms with Gasteiger partial charge in [-0.15, -0.1) is 0 Å². The van der Waals surface area contributed by atoms with Gasteiger partial charge in [0, 0.05) is 16.3 Å². The second-order valence-corrected chi connectivity index (χ2v) is 5.59. The average molecular weight is 348 g/mol. The number of hydrogen-bond acceptors (Lipinski definition) is 3. The van der Waals surface area contributed by atoms with E-state index in [0.29, 0.717) is 16.8 Å². The first-order valence-electron chi connectivity index (χ1n) is 6.26. The number of nitrogens with zero attached hydrogens (tertiary/aromatic N) is 1. The van der Waals surface area contributed by atoms with Crippen molar-refractivity contribution in [2.75, 3.05) is 0 Å². The molecule has 0 aliphatic rings. The Morgan fingerprint density at radius 1 is 1.29 bits per heavy atom. The molecule has 21 heavy (non-hydrogen) atoms. The van der Waals surface area contributed by atoms with E-state index in [1.54, 1.807) is 32.0 Å². The number of benzene rings is 2. The van der Waals surface area contributed by atoms with Gasteiger partial charge < -0.3 is 10.2 Å². The van der Waals surface area contributed by atoms with Crippen molar-refractivity contribution < 1.29 is 15.0 Å². The monoisotopic (exact) mass is 347 g/mol. The molecule has 0 saturated carbocycles. The number of carboxylic acid groups (broad SMARTS) is 1. The highest BCUT2D eigenvalue weighted by Gasteiger charge is 2.09. The van der Waals surface area contributed by atoms with Crippen molar-refractivity contribution in [2.24, 2.45) is 4.99 Å². The summed E-state index contributed by atoms with van der Waals surface area (Å²) in [5, 5.41) is 19.1. The van der Waals surface area contributed by atoms with Crippen molar-refractivity contribution in [1.29, 1.82) is 0 Å². The van der Waals surface area contributed by atoms with Crippen LogP contribution in [-0.4, -0.2) is 22.4 Å². The number of rotatable bonds is 3. The molecule has 4 nitrogen and oxygen atoms in total. The molecule has 0 radical (unpaired) electrons. The molecule has 0 aromatic heterocycles. The van der Waals surface area contributed by atoms with Gasteiger partial charge in [0.15, 0.2) is 0 Å². The van der Waals surface area contributed by atoms with Crippen LogP contribution in [0.1, 0.15) is 27.0 Å². The van der Waals surface area contributed by atoms with E-state index in [1.165, 1.54) is 12.3 Å². The maximum atomic E-state index is 11.1. The molecule has 2 aromatic rings. The molecule has 0 aliphatic carbocycles. The Labute approximate surface area is 130 Å². The van der Waals surface area contributed by atoms with Crippen LogP contribution in [0.2, 0.25) is 0 Å².